The fourth-order valence-electron chi connectivity index (χ4n) is 10.7. The summed E-state index contributed by atoms with van der Waals surface area (Å²) < 4.78 is 43.2. The Bertz CT molecular complexity index is 1990. The molecule has 0 N–H and O–H groups in total. The van der Waals surface area contributed by atoms with Crippen LogP contribution in [-0.4, -0.2) is 70.4 Å². The molecular formula is C60H83ClO7. The number of benzene rings is 4. The van der Waals surface area contributed by atoms with Crippen LogP contribution in [0.25, 0.3) is 0 Å². The van der Waals surface area contributed by atoms with E-state index in [4.69, 9.17) is 44.8 Å². The van der Waals surface area contributed by atoms with Gasteiger partial charge in [-0.05, 0) is 140 Å². The zero-order valence-electron chi connectivity index (χ0n) is 42.0. The average molecular weight is 952 g/mol. The predicted octanol–water partition coefficient (Wildman–Crippen LogP) is 14.9. The molecule has 0 saturated heterocycles. The van der Waals surface area contributed by atoms with Crippen molar-refractivity contribution in [1.29, 1.82) is 0 Å². The summed E-state index contributed by atoms with van der Waals surface area (Å²) in [5.41, 5.74) is 4.75. The van der Waals surface area contributed by atoms with Crippen molar-refractivity contribution >= 4 is 11.6 Å². The fraction of sp³-hybridized carbons (Fsp3) is 0.600. The molecule has 0 heterocycles. The third-order valence-electron chi connectivity index (χ3n) is 15.1. The molecule has 372 valence electrons. The first-order valence-electron chi connectivity index (χ1n) is 26.5. The van der Waals surface area contributed by atoms with Gasteiger partial charge in [0.2, 0.25) is 0 Å². The summed E-state index contributed by atoms with van der Waals surface area (Å²) in [5, 5.41) is 0. The van der Waals surface area contributed by atoms with E-state index in [2.05, 4.69) is 125 Å². The standard InChI is InChI=1S/C60H83ClO7/c1-59(2,48-20-28-53(29-21-48)62-37-10-36-61)49-24-32-55(33-25-49)65-40-12-42-67-57-18-8-14-46(44-57)47-15-9-19-58(45-47)68-43-13-41-66-56-34-26-51(27-35-56)60(3,4)50-22-30-54(31-23-50)64-39-11-38-63-52-16-6-5-7-17-52/h20-35,46-47,52,57-58H,5-19,36-45H2,1-4H3. The Morgan fingerprint density at radius 2 is 0.676 bits per heavy atom. The Balaban J connectivity index is 0.736. The molecule has 3 fully saturated rings. The van der Waals surface area contributed by atoms with E-state index in [1.54, 1.807) is 0 Å². The van der Waals surface area contributed by atoms with Crippen LogP contribution in [0.4, 0.5) is 0 Å². The van der Waals surface area contributed by atoms with Crippen LogP contribution in [0.15, 0.2) is 97.1 Å². The van der Waals surface area contributed by atoms with Gasteiger partial charge >= 0.3 is 0 Å². The summed E-state index contributed by atoms with van der Waals surface area (Å²) >= 11 is 5.79. The Hall–Kier alpha value is -3.75. The highest BCUT2D eigenvalue weighted by molar-refractivity contribution is 6.17. The van der Waals surface area contributed by atoms with Gasteiger partial charge in [0.05, 0.1) is 64.6 Å². The molecule has 68 heavy (non-hydrogen) atoms. The van der Waals surface area contributed by atoms with Crippen molar-refractivity contribution in [3.05, 3.63) is 119 Å². The molecule has 7 rings (SSSR count). The van der Waals surface area contributed by atoms with Gasteiger partial charge in [0.1, 0.15) is 23.0 Å². The van der Waals surface area contributed by atoms with Crippen LogP contribution in [0.5, 0.6) is 23.0 Å². The molecule has 0 amide bonds. The molecular weight excluding hydrogens is 868 g/mol. The lowest BCUT2D eigenvalue weighted by Gasteiger charge is -2.38. The van der Waals surface area contributed by atoms with E-state index in [9.17, 15) is 0 Å². The maximum atomic E-state index is 6.49. The van der Waals surface area contributed by atoms with E-state index in [1.165, 1.54) is 106 Å². The summed E-state index contributed by atoms with van der Waals surface area (Å²) in [6.45, 7) is 14.0. The zero-order valence-corrected chi connectivity index (χ0v) is 42.8. The monoisotopic (exact) mass is 951 g/mol. The number of alkyl halides is 1. The number of halogens is 1. The summed E-state index contributed by atoms with van der Waals surface area (Å²) in [6.07, 6.45) is 21.0. The van der Waals surface area contributed by atoms with Crippen LogP contribution in [0.3, 0.4) is 0 Å². The van der Waals surface area contributed by atoms with E-state index < -0.39 is 0 Å². The van der Waals surface area contributed by atoms with Crippen LogP contribution < -0.4 is 18.9 Å². The summed E-state index contributed by atoms with van der Waals surface area (Å²) in [6, 6.07) is 34.2. The highest BCUT2D eigenvalue weighted by Gasteiger charge is 2.33. The lowest BCUT2D eigenvalue weighted by Crippen LogP contribution is -2.33. The first kappa shape index (κ1) is 52.1. The van der Waals surface area contributed by atoms with Gasteiger partial charge in [0, 0.05) is 36.0 Å². The maximum Gasteiger partial charge on any atom is 0.119 e. The van der Waals surface area contributed by atoms with Gasteiger partial charge in [0.25, 0.3) is 0 Å². The number of rotatable bonds is 27. The molecule has 0 aliphatic heterocycles. The van der Waals surface area contributed by atoms with Crippen LogP contribution in [0, 0.1) is 11.8 Å². The zero-order chi connectivity index (χ0) is 47.4. The van der Waals surface area contributed by atoms with Crippen LogP contribution in [0.2, 0.25) is 0 Å². The van der Waals surface area contributed by atoms with Gasteiger partial charge in [-0.1, -0.05) is 108 Å². The number of hydrogen-bond acceptors (Lipinski definition) is 7. The van der Waals surface area contributed by atoms with Crippen LogP contribution in [-0.2, 0) is 25.0 Å². The Labute approximate surface area is 415 Å². The molecule has 4 aromatic carbocycles. The second kappa shape index (κ2) is 27.0. The van der Waals surface area contributed by atoms with E-state index in [0.29, 0.717) is 50.6 Å². The highest BCUT2D eigenvalue weighted by atomic mass is 35.5. The minimum absolute atomic E-state index is 0.135. The van der Waals surface area contributed by atoms with Crippen molar-refractivity contribution in [2.75, 3.05) is 52.1 Å². The molecule has 0 radical (unpaired) electrons. The fourth-order valence-corrected chi connectivity index (χ4v) is 10.8. The molecule has 8 heteroatoms. The topological polar surface area (TPSA) is 64.6 Å². The van der Waals surface area contributed by atoms with Gasteiger partial charge in [-0.2, -0.15) is 0 Å². The quantitative estimate of drug-likeness (QED) is 0.0436. The molecule has 0 spiro atoms. The van der Waals surface area contributed by atoms with Crippen molar-refractivity contribution in [2.45, 2.75) is 166 Å². The molecule has 0 aromatic heterocycles. The van der Waals surface area contributed by atoms with Crippen LogP contribution in [0.1, 0.15) is 159 Å². The van der Waals surface area contributed by atoms with Gasteiger partial charge in [-0.15, -0.1) is 11.6 Å². The maximum absolute atomic E-state index is 6.49. The first-order valence-corrected chi connectivity index (χ1v) is 27.0. The number of ether oxygens (including phenoxy) is 7. The second-order valence-corrected chi connectivity index (χ2v) is 21.2. The molecule has 3 saturated carbocycles. The molecule has 4 aromatic rings. The van der Waals surface area contributed by atoms with Gasteiger partial charge < -0.3 is 33.2 Å². The molecule has 4 unspecified atom stereocenters. The smallest absolute Gasteiger partial charge is 0.119 e. The lowest BCUT2D eigenvalue weighted by molar-refractivity contribution is -0.0294. The largest absolute Gasteiger partial charge is 0.494 e. The Morgan fingerprint density at radius 3 is 1.01 bits per heavy atom. The van der Waals surface area contributed by atoms with Crippen molar-refractivity contribution in [3.63, 3.8) is 0 Å². The number of hydrogen-bond donors (Lipinski definition) is 0. The van der Waals surface area contributed by atoms with Crippen molar-refractivity contribution in [3.8, 4) is 23.0 Å². The van der Waals surface area contributed by atoms with E-state index >= 15 is 0 Å². The summed E-state index contributed by atoms with van der Waals surface area (Å²) in [4.78, 5) is 0. The van der Waals surface area contributed by atoms with E-state index in [0.717, 1.165) is 80.3 Å². The van der Waals surface area contributed by atoms with Gasteiger partial charge in [-0.25, -0.2) is 0 Å². The minimum Gasteiger partial charge on any atom is -0.494 e. The van der Waals surface area contributed by atoms with Crippen LogP contribution >= 0.6 is 11.6 Å². The second-order valence-electron chi connectivity index (χ2n) is 20.8. The Morgan fingerprint density at radius 1 is 0.368 bits per heavy atom. The lowest BCUT2D eigenvalue weighted by atomic mass is 9.72. The van der Waals surface area contributed by atoms with E-state index in [1.807, 2.05) is 0 Å². The minimum atomic E-state index is -0.136. The molecule has 0 bridgehead atoms. The highest BCUT2D eigenvalue weighted by Crippen LogP contribution is 2.40. The van der Waals surface area contributed by atoms with Gasteiger partial charge in [0.15, 0.2) is 0 Å². The molecule has 3 aliphatic rings. The molecule has 7 nitrogen and oxygen atoms in total. The molecule has 3 aliphatic carbocycles. The summed E-state index contributed by atoms with van der Waals surface area (Å²) in [5.74, 6) is 5.71. The molecule has 4 atom stereocenters. The first-order chi connectivity index (χ1) is 33.2. The third kappa shape index (κ3) is 15.9. The normalized spacial score (nSPS) is 20.5. The third-order valence-corrected chi connectivity index (χ3v) is 15.4. The van der Waals surface area contributed by atoms with E-state index in [-0.39, 0.29) is 10.8 Å². The van der Waals surface area contributed by atoms with Crippen molar-refractivity contribution in [1.82, 2.24) is 0 Å². The summed E-state index contributed by atoms with van der Waals surface area (Å²) in [7, 11) is 0. The SMILES string of the molecule is CC(C)(c1ccc(OCCCCl)cc1)c1ccc(OCCCOC2CCCC(C3CCCC(OCCCOc4ccc(C(C)(C)c5ccc(OCCCOC6CCCCC6)cc5)cc4)C3)C2)cc1. The Kier molecular flexibility index (Phi) is 20.7. The van der Waals surface area contributed by atoms with Gasteiger partial charge in [-0.3, -0.25) is 0 Å². The predicted molar refractivity (Wildman–Crippen MR) is 277 cm³/mol. The average Bonchev–Trinajstić information content (AvgIpc) is 3.37. The van der Waals surface area contributed by atoms with Crippen molar-refractivity contribution < 1.29 is 33.2 Å². The van der Waals surface area contributed by atoms with Crippen molar-refractivity contribution in [2.24, 2.45) is 11.8 Å².